The Balaban J connectivity index is 3.22. The van der Waals surface area contributed by atoms with Crippen molar-refractivity contribution < 1.29 is 14.2 Å². The van der Waals surface area contributed by atoms with Crippen LogP contribution in [0, 0.1) is 0 Å². The summed E-state index contributed by atoms with van der Waals surface area (Å²) >= 11 is 4.49. The van der Waals surface area contributed by atoms with Crippen molar-refractivity contribution in [2.24, 2.45) is 0 Å². The topological polar surface area (TPSA) is 30.9 Å². The van der Waals surface area contributed by atoms with Crippen LogP contribution in [0.3, 0.4) is 0 Å². The fourth-order valence-corrected chi connectivity index (χ4v) is 1.67. The van der Waals surface area contributed by atoms with E-state index in [0.717, 1.165) is 19.7 Å². The van der Waals surface area contributed by atoms with Crippen molar-refractivity contribution in [3.8, 4) is 0 Å². The molecule has 0 rings (SSSR count). The second-order valence-corrected chi connectivity index (χ2v) is 5.98. The zero-order valence-corrected chi connectivity index (χ0v) is 12.5. The predicted molar refractivity (Wildman–Crippen MR) is 74.1 cm³/mol. The van der Waals surface area contributed by atoms with E-state index < -0.39 is 0 Å². The number of hydrogen-bond donors (Lipinski definition) is 1. The van der Waals surface area contributed by atoms with Gasteiger partial charge in [-0.3, -0.25) is 0 Å². The van der Waals surface area contributed by atoms with E-state index in [2.05, 4.69) is 38.4 Å². The Morgan fingerprint density at radius 3 is 2.06 bits per heavy atom. The molecule has 17 heavy (non-hydrogen) atoms. The van der Waals surface area contributed by atoms with Gasteiger partial charge in [0.2, 0.25) is 0 Å². The molecule has 104 valence electrons. The molecule has 4 nitrogen and oxygen atoms in total. The van der Waals surface area contributed by atoms with Crippen LogP contribution in [0.1, 0.15) is 13.8 Å². The van der Waals surface area contributed by atoms with Gasteiger partial charge in [-0.15, -0.1) is 0 Å². The quantitative estimate of drug-likeness (QED) is 0.451. The molecule has 0 heterocycles. The van der Waals surface area contributed by atoms with Crippen molar-refractivity contribution in [3.05, 3.63) is 0 Å². The molecule has 0 aliphatic rings. The molecule has 0 atom stereocenters. The van der Waals surface area contributed by atoms with Crippen molar-refractivity contribution in [3.63, 3.8) is 0 Å². The predicted octanol–water partition coefficient (Wildman–Crippen LogP) is 1.31. The van der Waals surface area contributed by atoms with Gasteiger partial charge < -0.3 is 19.1 Å². The summed E-state index contributed by atoms with van der Waals surface area (Å²) in [5.74, 6) is 0. The van der Waals surface area contributed by atoms with Gasteiger partial charge in [-0.25, -0.2) is 0 Å². The van der Waals surface area contributed by atoms with E-state index in [1.54, 1.807) is 7.11 Å². The van der Waals surface area contributed by atoms with Gasteiger partial charge in [0.25, 0.3) is 0 Å². The highest BCUT2D eigenvalue weighted by Gasteiger charge is 2.13. The molecule has 0 spiro atoms. The first kappa shape index (κ1) is 17.2. The lowest BCUT2D eigenvalue weighted by atomic mass is 10.2. The standard InChI is InChI=1S/C12H27NO3S/c1-12(2,17)11-13(3)5-6-15-9-10-16-8-7-14-4/h17H,5-11H2,1-4H3. The highest BCUT2D eigenvalue weighted by atomic mass is 32.1. The van der Waals surface area contributed by atoms with Crippen LogP contribution in [0.15, 0.2) is 0 Å². The summed E-state index contributed by atoms with van der Waals surface area (Å²) in [7, 11) is 3.75. The lowest BCUT2D eigenvalue weighted by Gasteiger charge is -2.25. The second-order valence-electron chi connectivity index (χ2n) is 4.77. The Labute approximate surface area is 111 Å². The maximum atomic E-state index is 5.47. The molecule has 0 radical (unpaired) electrons. The minimum absolute atomic E-state index is 0.0397. The number of nitrogens with zero attached hydrogens (tertiary/aromatic N) is 1. The Bertz CT molecular complexity index is 174. The normalized spacial score (nSPS) is 12.4. The summed E-state index contributed by atoms with van der Waals surface area (Å²) < 4.78 is 15.7. The van der Waals surface area contributed by atoms with Crippen molar-refractivity contribution in [1.29, 1.82) is 0 Å². The fraction of sp³-hybridized carbons (Fsp3) is 1.00. The number of methoxy groups -OCH3 is 1. The molecule has 5 heteroatoms. The molecule has 0 aromatic carbocycles. The van der Waals surface area contributed by atoms with Crippen LogP contribution in [0.5, 0.6) is 0 Å². The summed E-state index contributed by atoms with van der Waals surface area (Å²) in [5.41, 5.74) is 0. The maximum absolute atomic E-state index is 5.47. The number of thiol groups is 1. The molecule has 0 aliphatic carbocycles. The smallest absolute Gasteiger partial charge is 0.0701 e. The molecule has 0 N–H and O–H groups in total. The molecule has 0 aromatic rings. The van der Waals surface area contributed by atoms with Crippen molar-refractivity contribution in [2.45, 2.75) is 18.6 Å². The first-order valence-corrected chi connectivity index (χ1v) is 6.46. The number of likely N-dealkylation sites (N-methyl/N-ethyl adjacent to an activating group) is 1. The van der Waals surface area contributed by atoms with Gasteiger partial charge in [0.1, 0.15) is 0 Å². The number of ether oxygens (including phenoxy) is 3. The van der Waals surface area contributed by atoms with E-state index in [1.807, 2.05) is 0 Å². The van der Waals surface area contributed by atoms with Crippen LogP contribution >= 0.6 is 12.6 Å². The Kier molecular flexibility index (Phi) is 10.3. The largest absolute Gasteiger partial charge is 0.382 e. The monoisotopic (exact) mass is 265 g/mol. The van der Waals surface area contributed by atoms with Gasteiger partial charge in [-0.1, -0.05) is 0 Å². The SMILES string of the molecule is COCCOCCOCCN(C)CC(C)(C)S. The van der Waals surface area contributed by atoms with Crippen molar-refractivity contribution >= 4 is 12.6 Å². The fourth-order valence-electron chi connectivity index (χ4n) is 1.42. The number of hydrogen-bond acceptors (Lipinski definition) is 5. The molecular formula is C12H27NO3S. The first-order valence-electron chi connectivity index (χ1n) is 6.01. The van der Waals surface area contributed by atoms with E-state index in [9.17, 15) is 0 Å². The van der Waals surface area contributed by atoms with Gasteiger partial charge >= 0.3 is 0 Å². The molecule has 0 aromatic heterocycles. The summed E-state index contributed by atoms with van der Waals surface area (Å²) in [6.07, 6.45) is 0. The molecule has 0 bridgehead atoms. The van der Waals surface area contributed by atoms with E-state index in [-0.39, 0.29) is 4.75 Å². The second kappa shape index (κ2) is 10.1. The van der Waals surface area contributed by atoms with E-state index in [0.29, 0.717) is 26.4 Å². The molecular weight excluding hydrogens is 238 g/mol. The summed E-state index contributed by atoms with van der Waals surface area (Å²) in [5, 5.41) is 0. The van der Waals surface area contributed by atoms with Crippen molar-refractivity contribution in [1.82, 2.24) is 4.90 Å². The third-order valence-electron chi connectivity index (χ3n) is 2.08. The van der Waals surface area contributed by atoms with Gasteiger partial charge in [0.15, 0.2) is 0 Å². The molecule has 0 amide bonds. The molecule has 0 fully saturated rings. The Morgan fingerprint density at radius 1 is 1.00 bits per heavy atom. The highest BCUT2D eigenvalue weighted by Crippen LogP contribution is 2.12. The van der Waals surface area contributed by atoms with E-state index in [4.69, 9.17) is 14.2 Å². The van der Waals surface area contributed by atoms with Crippen LogP contribution in [0.2, 0.25) is 0 Å². The van der Waals surface area contributed by atoms with Gasteiger partial charge in [0, 0.05) is 24.9 Å². The molecule has 0 saturated carbocycles. The summed E-state index contributed by atoms with van der Waals surface area (Å²) in [6.45, 7) is 9.36. The summed E-state index contributed by atoms with van der Waals surface area (Å²) in [6, 6.07) is 0. The third-order valence-corrected chi connectivity index (χ3v) is 2.22. The van der Waals surface area contributed by atoms with E-state index in [1.165, 1.54) is 0 Å². The molecule has 0 aliphatic heterocycles. The minimum atomic E-state index is 0.0397. The lowest BCUT2D eigenvalue weighted by Crippen LogP contribution is -2.34. The minimum Gasteiger partial charge on any atom is -0.382 e. The number of rotatable bonds is 11. The highest BCUT2D eigenvalue weighted by molar-refractivity contribution is 7.81. The van der Waals surface area contributed by atoms with Gasteiger partial charge in [-0.05, 0) is 20.9 Å². The van der Waals surface area contributed by atoms with Crippen LogP contribution in [-0.2, 0) is 14.2 Å². The summed E-state index contributed by atoms with van der Waals surface area (Å²) in [4.78, 5) is 2.22. The average Bonchev–Trinajstić information content (AvgIpc) is 2.19. The van der Waals surface area contributed by atoms with Crippen LogP contribution in [0.25, 0.3) is 0 Å². The lowest BCUT2D eigenvalue weighted by molar-refractivity contribution is 0.0206. The Hall–Kier alpha value is 0.190. The van der Waals surface area contributed by atoms with Crippen molar-refractivity contribution in [2.75, 3.05) is 60.3 Å². The van der Waals surface area contributed by atoms with Crippen LogP contribution < -0.4 is 0 Å². The van der Waals surface area contributed by atoms with E-state index >= 15 is 0 Å². The third kappa shape index (κ3) is 14.1. The zero-order chi connectivity index (χ0) is 13.1. The Morgan fingerprint density at radius 2 is 1.53 bits per heavy atom. The maximum Gasteiger partial charge on any atom is 0.0701 e. The molecule has 0 unspecified atom stereocenters. The first-order chi connectivity index (χ1) is 7.95. The zero-order valence-electron chi connectivity index (χ0n) is 11.6. The van der Waals surface area contributed by atoms with Crippen LogP contribution in [-0.4, -0.2) is 69.9 Å². The van der Waals surface area contributed by atoms with Gasteiger partial charge in [-0.2, -0.15) is 12.6 Å². The average molecular weight is 265 g/mol. The molecule has 0 saturated heterocycles. The van der Waals surface area contributed by atoms with Crippen LogP contribution in [0.4, 0.5) is 0 Å². The van der Waals surface area contributed by atoms with Gasteiger partial charge in [0.05, 0.1) is 33.0 Å².